The Morgan fingerprint density at radius 2 is 1.81 bits per heavy atom. The van der Waals surface area contributed by atoms with Crippen LogP contribution < -0.4 is 9.64 Å². The third kappa shape index (κ3) is 3.49. The number of anilines is 1. The average Bonchev–Trinajstić information content (AvgIpc) is 3.05. The lowest BCUT2D eigenvalue weighted by atomic mass is 9.95. The maximum atomic E-state index is 13.1. The number of aromatic hydroxyl groups is 1. The summed E-state index contributed by atoms with van der Waals surface area (Å²) in [5.74, 6) is -2.11. The molecule has 1 aliphatic heterocycles. The van der Waals surface area contributed by atoms with Crippen molar-refractivity contribution in [1.82, 2.24) is 4.98 Å². The van der Waals surface area contributed by atoms with Gasteiger partial charge in [0, 0.05) is 17.4 Å². The van der Waals surface area contributed by atoms with E-state index in [0.29, 0.717) is 10.6 Å². The van der Waals surface area contributed by atoms with Gasteiger partial charge in [0.05, 0.1) is 30.0 Å². The second-order valence-electron chi connectivity index (χ2n) is 6.78. The van der Waals surface area contributed by atoms with Gasteiger partial charge in [0.15, 0.2) is 0 Å². The van der Waals surface area contributed by atoms with Crippen LogP contribution in [0.5, 0.6) is 11.5 Å². The van der Waals surface area contributed by atoms with E-state index < -0.39 is 23.5 Å². The largest absolute Gasteiger partial charge is 0.507 e. The first-order valence-electron chi connectivity index (χ1n) is 9.27. The monoisotopic (exact) mass is 436 g/mol. The first-order valence-corrected chi connectivity index (χ1v) is 9.64. The normalized spacial score (nSPS) is 17.7. The van der Waals surface area contributed by atoms with Gasteiger partial charge in [-0.15, -0.1) is 0 Å². The number of Topliss-reactive ketones (excluding diaryl/α,β-unsaturated/α-hetero) is 1. The number of methoxy groups -OCH3 is 1. The van der Waals surface area contributed by atoms with E-state index in [0.717, 1.165) is 4.90 Å². The van der Waals surface area contributed by atoms with Gasteiger partial charge in [-0.1, -0.05) is 23.7 Å². The number of ketones is 1. The highest BCUT2D eigenvalue weighted by molar-refractivity contribution is 6.52. The van der Waals surface area contributed by atoms with Crippen molar-refractivity contribution in [3.63, 3.8) is 0 Å². The molecule has 1 atom stereocenters. The minimum Gasteiger partial charge on any atom is -0.507 e. The lowest BCUT2D eigenvalue weighted by molar-refractivity contribution is -0.132. The molecule has 2 N–H and O–H groups in total. The van der Waals surface area contributed by atoms with Crippen molar-refractivity contribution in [3.8, 4) is 11.5 Å². The topological polar surface area (TPSA) is 100.0 Å². The van der Waals surface area contributed by atoms with Crippen LogP contribution in [-0.4, -0.2) is 34.0 Å². The Kier molecular flexibility index (Phi) is 5.35. The van der Waals surface area contributed by atoms with Crippen LogP contribution in [0, 0.1) is 0 Å². The molecule has 2 aromatic carbocycles. The van der Waals surface area contributed by atoms with Gasteiger partial charge in [0.25, 0.3) is 11.7 Å². The minimum atomic E-state index is -1.00. The number of carbonyl (C=O) groups excluding carboxylic acids is 2. The summed E-state index contributed by atoms with van der Waals surface area (Å²) in [7, 11) is 1.42. The van der Waals surface area contributed by atoms with Crippen molar-refractivity contribution in [2.24, 2.45) is 0 Å². The molecule has 0 spiro atoms. The highest BCUT2D eigenvalue weighted by Gasteiger charge is 2.47. The summed E-state index contributed by atoms with van der Waals surface area (Å²) in [6, 6.07) is 13.0. The van der Waals surface area contributed by atoms with Crippen LogP contribution in [-0.2, 0) is 9.59 Å². The zero-order valence-corrected chi connectivity index (χ0v) is 17.1. The van der Waals surface area contributed by atoms with Gasteiger partial charge in [0.2, 0.25) is 0 Å². The Morgan fingerprint density at radius 3 is 2.48 bits per heavy atom. The van der Waals surface area contributed by atoms with Gasteiger partial charge in [-0.3, -0.25) is 19.5 Å². The second kappa shape index (κ2) is 8.12. The van der Waals surface area contributed by atoms with Crippen LogP contribution in [0.25, 0.3) is 5.76 Å². The molecule has 0 radical (unpaired) electrons. The van der Waals surface area contributed by atoms with Crippen LogP contribution in [0.3, 0.4) is 0 Å². The molecule has 7 nitrogen and oxygen atoms in total. The highest BCUT2D eigenvalue weighted by Crippen LogP contribution is 2.45. The number of carbonyl (C=O) groups is 2. The number of hydrogen-bond acceptors (Lipinski definition) is 6. The molecule has 8 heteroatoms. The third-order valence-corrected chi connectivity index (χ3v) is 5.26. The number of aromatic nitrogens is 1. The smallest absolute Gasteiger partial charge is 0.300 e. The van der Waals surface area contributed by atoms with E-state index in [1.807, 2.05) is 0 Å². The number of ether oxygens (including phenoxy) is 1. The van der Waals surface area contributed by atoms with E-state index in [2.05, 4.69) is 4.98 Å². The number of pyridine rings is 1. The number of nitrogens with zero attached hydrogens (tertiary/aromatic N) is 2. The van der Waals surface area contributed by atoms with E-state index >= 15 is 0 Å². The van der Waals surface area contributed by atoms with Crippen molar-refractivity contribution < 1.29 is 24.5 Å². The standard InChI is InChI=1S/C23H17ClN2O5/c1-31-18-7-6-14(24)12-15(18)21(28)19-20(13-8-10-25-11-9-13)26(23(30)22(19)29)16-4-2-3-5-17(16)27/h2-12,20,27-28H,1H3/b21-19+. The molecule has 0 saturated carbocycles. The molecule has 1 aromatic heterocycles. The number of benzene rings is 2. The summed E-state index contributed by atoms with van der Waals surface area (Å²) in [4.78, 5) is 31.3. The van der Waals surface area contributed by atoms with Gasteiger partial charge >= 0.3 is 0 Å². The number of amides is 1. The fourth-order valence-electron chi connectivity index (χ4n) is 3.62. The minimum absolute atomic E-state index is 0.142. The van der Waals surface area contributed by atoms with Crippen molar-refractivity contribution >= 4 is 34.7 Å². The van der Waals surface area contributed by atoms with E-state index in [4.69, 9.17) is 16.3 Å². The molecule has 3 aromatic rings. The molecule has 1 saturated heterocycles. The fourth-order valence-corrected chi connectivity index (χ4v) is 3.79. The molecule has 1 fully saturated rings. The van der Waals surface area contributed by atoms with Crippen LogP contribution in [0.4, 0.5) is 5.69 Å². The Labute approximate surface area is 182 Å². The van der Waals surface area contributed by atoms with Gasteiger partial charge in [-0.25, -0.2) is 0 Å². The number of phenols is 1. The van der Waals surface area contributed by atoms with Crippen molar-refractivity contribution in [1.29, 1.82) is 0 Å². The summed E-state index contributed by atoms with van der Waals surface area (Å²) < 4.78 is 5.30. The second-order valence-corrected chi connectivity index (χ2v) is 7.22. The van der Waals surface area contributed by atoms with Gasteiger partial charge in [-0.2, -0.15) is 0 Å². The van der Waals surface area contributed by atoms with E-state index in [9.17, 15) is 19.8 Å². The Hall–Kier alpha value is -3.84. The molecule has 1 unspecified atom stereocenters. The highest BCUT2D eigenvalue weighted by atomic mass is 35.5. The summed E-state index contributed by atoms with van der Waals surface area (Å²) in [6.45, 7) is 0. The molecule has 2 heterocycles. The molecular formula is C23H17ClN2O5. The molecule has 1 aliphatic rings. The summed E-state index contributed by atoms with van der Waals surface area (Å²) in [6.07, 6.45) is 3.03. The molecular weight excluding hydrogens is 420 g/mol. The zero-order valence-electron chi connectivity index (χ0n) is 16.3. The fraction of sp³-hybridized carbons (Fsp3) is 0.0870. The molecule has 4 rings (SSSR count). The molecule has 156 valence electrons. The maximum absolute atomic E-state index is 13.1. The number of rotatable bonds is 4. The lowest BCUT2D eigenvalue weighted by Crippen LogP contribution is -2.29. The summed E-state index contributed by atoms with van der Waals surface area (Å²) in [5.41, 5.74) is 0.688. The van der Waals surface area contributed by atoms with Crippen LogP contribution in [0.1, 0.15) is 17.2 Å². The van der Waals surface area contributed by atoms with Crippen LogP contribution in [0.15, 0.2) is 72.6 Å². The molecule has 1 amide bonds. The Bertz CT molecular complexity index is 1210. The van der Waals surface area contributed by atoms with Crippen LogP contribution >= 0.6 is 11.6 Å². The van der Waals surface area contributed by atoms with Crippen molar-refractivity contribution in [2.45, 2.75) is 6.04 Å². The summed E-state index contributed by atoms with van der Waals surface area (Å²) in [5, 5.41) is 21.9. The quantitative estimate of drug-likeness (QED) is 0.363. The van der Waals surface area contributed by atoms with Crippen molar-refractivity contribution in [2.75, 3.05) is 12.0 Å². The molecule has 31 heavy (non-hydrogen) atoms. The van der Waals surface area contributed by atoms with Crippen molar-refractivity contribution in [3.05, 3.63) is 88.7 Å². The van der Waals surface area contributed by atoms with E-state index in [1.54, 1.807) is 36.4 Å². The third-order valence-electron chi connectivity index (χ3n) is 5.02. The Morgan fingerprint density at radius 1 is 1.10 bits per heavy atom. The lowest BCUT2D eigenvalue weighted by Gasteiger charge is -2.26. The number of aliphatic hydroxyl groups excluding tert-OH is 1. The number of hydrogen-bond donors (Lipinski definition) is 2. The number of aliphatic hydroxyl groups is 1. The maximum Gasteiger partial charge on any atom is 0.300 e. The Balaban J connectivity index is 2.00. The van der Waals surface area contributed by atoms with E-state index in [-0.39, 0.29) is 28.3 Å². The van der Waals surface area contributed by atoms with Gasteiger partial charge in [0.1, 0.15) is 17.3 Å². The average molecular weight is 437 g/mol. The first kappa shape index (κ1) is 20.4. The molecule has 0 aliphatic carbocycles. The predicted molar refractivity (Wildman–Crippen MR) is 115 cm³/mol. The molecule has 0 bridgehead atoms. The zero-order chi connectivity index (χ0) is 22.1. The van der Waals surface area contributed by atoms with E-state index in [1.165, 1.54) is 37.7 Å². The van der Waals surface area contributed by atoms with Gasteiger partial charge < -0.3 is 14.9 Å². The summed E-state index contributed by atoms with van der Waals surface area (Å²) >= 11 is 6.10. The number of para-hydroxylation sites is 2. The number of phenolic OH excluding ortho intramolecular Hbond substituents is 1. The van der Waals surface area contributed by atoms with Crippen LogP contribution in [0.2, 0.25) is 5.02 Å². The predicted octanol–water partition coefficient (Wildman–Crippen LogP) is 4.08. The first-order chi connectivity index (χ1) is 14.9. The van der Waals surface area contributed by atoms with Gasteiger partial charge in [-0.05, 0) is 48.0 Å². The number of halogens is 1. The SMILES string of the molecule is COc1ccc(Cl)cc1/C(O)=C1\C(=O)C(=O)N(c2ccccc2O)C1c1ccncc1.